The number of thiazole rings is 1. The van der Waals surface area contributed by atoms with E-state index < -0.39 is 17.4 Å². The molecule has 1 saturated heterocycles. The second-order valence-corrected chi connectivity index (χ2v) is 7.31. The predicted molar refractivity (Wildman–Crippen MR) is 99.1 cm³/mol. The molecule has 26 heavy (non-hydrogen) atoms. The first-order valence-electron chi connectivity index (χ1n) is 7.90. The number of aromatic nitrogens is 1. The minimum absolute atomic E-state index is 0.0456. The monoisotopic (exact) mass is 370 g/mol. The number of nitrogens with zero attached hydrogens (tertiary/aromatic N) is 2. The van der Waals surface area contributed by atoms with E-state index in [0.717, 1.165) is 16.9 Å². The summed E-state index contributed by atoms with van der Waals surface area (Å²) in [7, 11) is 1.64. The summed E-state index contributed by atoms with van der Waals surface area (Å²) in [5, 5.41) is 11.4. The highest BCUT2D eigenvalue weighted by molar-refractivity contribution is 7.19. The van der Waals surface area contributed by atoms with Crippen molar-refractivity contribution in [1.29, 1.82) is 0 Å². The SMILES string of the molecule is C[C@@H]1CN(C)C(=O)C1(O)C#Cc1cccc(-c2nc(C(N)=O)c(N)s2)c1. The van der Waals surface area contributed by atoms with Crippen molar-refractivity contribution >= 4 is 28.2 Å². The average Bonchev–Trinajstić information content (AvgIpc) is 3.08. The van der Waals surface area contributed by atoms with Crippen molar-refractivity contribution in [2.75, 3.05) is 19.3 Å². The number of rotatable bonds is 2. The molecule has 2 aromatic rings. The third-order valence-corrected chi connectivity index (χ3v) is 5.26. The fourth-order valence-electron chi connectivity index (χ4n) is 2.83. The van der Waals surface area contributed by atoms with Gasteiger partial charge >= 0.3 is 0 Å². The number of carbonyl (C=O) groups excluding carboxylic acids is 2. The maximum atomic E-state index is 12.2. The fourth-order valence-corrected chi connectivity index (χ4v) is 3.67. The third kappa shape index (κ3) is 3.03. The molecule has 8 heteroatoms. The lowest BCUT2D eigenvalue weighted by molar-refractivity contribution is -0.138. The number of carbonyl (C=O) groups is 2. The molecule has 1 aromatic carbocycles. The number of nitrogen functional groups attached to an aromatic ring is 1. The summed E-state index contributed by atoms with van der Waals surface area (Å²) in [6.45, 7) is 2.24. The average molecular weight is 370 g/mol. The van der Waals surface area contributed by atoms with Gasteiger partial charge < -0.3 is 21.5 Å². The molecule has 0 radical (unpaired) electrons. The molecule has 0 spiro atoms. The number of benzene rings is 1. The molecule has 0 aliphatic carbocycles. The zero-order valence-corrected chi connectivity index (χ0v) is 15.1. The second-order valence-electron chi connectivity index (χ2n) is 6.28. The summed E-state index contributed by atoms with van der Waals surface area (Å²) in [6.07, 6.45) is 0. The molecule has 1 aliphatic heterocycles. The Hall–Kier alpha value is -2.89. The Morgan fingerprint density at radius 3 is 2.81 bits per heavy atom. The van der Waals surface area contributed by atoms with E-state index in [1.807, 2.05) is 0 Å². The Bertz CT molecular complexity index is 959. The lowest BCUT2D eigenvalue weighted by atomic mass is 9.92. The molecule has 3 rings (SSSR count). The van der Waals surface area contributed by atoms with Crippen LogP contribution in [-0.4, -0.2) is 46.0 Å². The highest BCUT2D eigenvalue weighted by atomic mass is 32.1. The van der Waals surface area contributed by atoms with Gasteiger partial charge in [-0.3, -0.25) is 9.59 Å². The molecule has 5 N–H and O–H groups in total. The minimum Gasteiger partial charge on any atom is -0.389 e. The number of anilines is 1. The second kappa shape index (κ2) is 6.44. The van der Waals surface area contributed by atoms with Gasteiger partial charge in [0.05, 0.1) is 0 Å². The van der Waals surface area contributed by atoms with E-state index in [1.54, 1.807) is 38.2 Å². The molecule has 7 nitrogen and oxygen atoms in total. The highest BCUT2D eigenvalue weighted by Crippen LogP contribution is 2.30. The number of aliphatic hydroxyl groups is 1. The molecule has 0 saturated carbocycles. The van der Waals surface area contributed by atoms with Crippen LogP contribution in [0.4, 0.5) is 5.00 Å². The van der Waals surface area contributed by atoms with Crippen molar-refractivity contribution in [2.45, 2.75) is 12.5 Å². The highest BCUT2D eigenvalue weighted by Gasteiger charge is 2.48. The van der Waals surface area contributed by atoms with Crippen LogP contribution in [0.3, 0.4) is 0 Å². The Labute approximate surface area is 154 Å². The predicted octanol–water partition coefficient (Wildman–Crippen LogP) is 0.682. The van der Waals surface area contributed by atoms with Crippen molar-refractivity contribution in [2.24, 2.45) is 11.7 Å². The summed E-state index contributed by atoms with van der Waals surface area (Å²) in [4.78, 5) is 29.1. The molecule has 1 aliphatic rings. The number of nitrogens with two attached hydrogens (primary N) is 2. The van der Waals surface area contributed by atoms with Crippen LogP contribution in [0.25, 0.3) is 10.6 Å². The first-order valence-corrected chi connectivity index (χ1v) is 8.71. The van der Waals surface area contributed by atoms with E-state index >= 15 is 0 Å². The molecule has 2 heterocycles. The van der Waals surface area contributed by atoms with E-state index in [-0.39, 0.29) is 16.6 Å². The maximum absolute atomic E-state index is 12.2. The zero-order chi connectivity index (χ0) is 19.1. The molecule has 1 aromatic heterocycles. The van der Waals surface area contributed by atoms with Crippen molar-refractivity contribution in [3.8, 4) is 22.4 Å². The molecule has 1 fully saturated rings. The van der Waals surface area contributed by atoms with Crippen LogP contribution in [0, 0.1) is 17.8 Å². The van der Waals surface area contributed by atoms with Crippen LogP contribution in [0.15, 0.2) is 24.3 Å². The lowest BCUT2D eigenvalue weighted by Crippen LogP contribution is -2.40. The van der Waals surface area contributed by atoms with E-state index in [1.165, 1.54) is 4.90 Å². The number of likely N-dealkylation sites (N-methyl/N-ethyl adjacent to an activating group) is 1. The first kappa shape index (κ1) is 17.9. The summed E-state index contributed by atoms with van der Waals surface area (Å²) >= 11 is 1.16. The third-order valence-electron chi connectivity index (χ3n) is 4.33. The van der Waals surface area contributed by atoms with E-state index in [0.29, 0.717) is 17.1 Å². The Morgan fingerprint density at radius 2 is 2.23 bits per heavy atom. The molecule has 134 valence electrons. The van der Waals surface area contributed by atoms with Crippen molar-refractivity contribution in [3.63, 3.8) is 0 Å². The molecule has 2 atom stereocenters. The van der Waals surface area contributed by atoms with Gasteiger partial charge in [0.2, 0.25) is 5.60 Å². The van der Waals surface area contributed by atoms with E-state index in [9.17, 15) is 14.7 Å². The maximum Gasteiger partial charge on any atom is 0.270 e. The molecule has 0 bridgehead atoms. The lowest BCUT2D eigenvalue weighted by Gasteiger charge is -2.17. The van der Waals surface area contributed by atoms with Crippen LogP contribution in [0.5, 0.6) is 0 Å². The topological polar surface area (TPSA) is 123 Å². The summed E-state index contributed by atoms with van der Waals surface area (Å²) in [5.74, 6) is 4.23. The van der Waals surface area contributed by atoms with Gasteiger partial charge in [-0.15, -0.1) is 0 Å². The van der Waals surface area contributed by atoms with Crippen molar-refractivity contribution in [3.05, 3.63) is 35.5 Å². The normalized spacial score (nSPS) is 22.2. The van der Waals surface area contributed by atoms with Gasteiger partial charge in [-0.05, 0) is 12.1 Å². The largest absolute Gasteiger partial charge is 0.389 e. The number of hydrogen-bond acceptors (Lipinski definition) is 6. The summed E-state index contributed by atoms with van der Waals surface area (Å²) in [5.41, 5.74) is 10.7. The number of hydrogen-bond donors (Lipinski definition) is 3. The number of amides is 2. The van der Waals surface area contributed by atoms with Gasteiger partial charge in [0, 0.05) is 30.6 Å². The van der Waals surface area contributed by atoms with Gasteiger partial charge in [-0.1, -0.05) is 42.2 Å². The van der Waals surface area contributed by atoms with E-state index in [4.69, 9.17) is 11.5 Å². The van der Waals surface area contributed by atoms with Crippen LogP contribution in [0.1, 0.15) is 23.0 Å². The van der Waals surface area contributed by atoms with Crippen molar-refractivity contribution in [1.82, 2.24) is 9.88 Å². The minimum atomic E-state index is -1.69. The Morgan fingerprint density at radius 1 is 1.50 bits per heavy atom. The molecular weight excluding hydrogens is 352 g/mol. The quantitative estimate of drug-likeness (QED) is 0.671. The first-order chi connectivity index (χ1) is 12.2. The van der Waals surface area contributed by atoms with Gasteiger partial charge in [0.15, 0.2) is 5.69 Å². The standard InChI is InChI=1S/C18H18N4O3S/c1-10-9-22(2)17(24)18(10,25)7-6-11-4-3-5-12(8-11)16-21-13(14(19)23)15(20)26-16/h3-5,8,10,25H,9,20H2,1-2H3,(H2,19,23)/t10-,18?/m1/s1. The fraction of sp³-hybridized carbons (Fsp3) is 0.278. The Kier molecular flexibility index (Phi) is 4.44. The summed E-state index contributed by atoms with van der Waals surface area (Å²) < 4.78 is 0. The summed E-state index contributed by atoms with van der Waals surface area (Å²) in [6, 6.07) is 7.10. The van der Waals surface area contributed by atoms with Gasteiger partial charge in [-0.2, -0.15) is 0 Å². The number of likely N-dealkylation sites (tertiary alicyclic amines) is 1. The zero-order valence-electron chi connectivity index (χ0n) is 14.3. The Balaban J connectivity index is 1.94. The van der Waals surface area contributed by atoms with Gasteiger partial charge in [0.1, 0.15) is 10.0 Å². The van der Waals surface area contributed by atoms with Crippen LogP contribution in [0.2, 0.25) is 0 Å². The van der Waals surface area contributed by atoms with Crippen molar-refractivity contribution < 1.29 is 14.7 Å². The molecule has 1 unspecified atom stereocenters. The van der Waals surface area contributed by atoms with E-state index in [2.05, 4.69) is 16.8 Å². The van der Waals surface area contributed by atoms with Crippen LogP contribution >= 0.6 is 11.3 Å². The van der Waals surface area contributed by atoms with Gasteiger partial charge in [-0.25, -0.2) is 4.98 Å². The van der Waals surface area contributed by atoms with Crippen LogP contribution in [-0.2, 0) is 4.79 Å². The smallest absolute Gasteiger partial charge is 0.270 e. The van der Waals surface area contributed by atoms with Crippen LogP contribution < -0.4 is 11.5 Å². The molecular formula is C18H18N4O3S. The number of primary amides is 1. The van der Waals surface area contributed by atoms with Gasteiger partial charge in [0.25, 0.3) is 11.8 Å². The molecule has 2 amide bonds.